The average Bonchev–Trinajstić information content (AvgIpc) is 2.46. The number of fused-ring (bicyclic) bond motifs is 1. The monoisotopic (exact) mass is 243 g/mol. The lowest BCUT2D eigenvalue weighted by Crippen LogP contribution is -2.37. The summed E-state index contributed by atoms with van der Waals surface area (Å²) in [5.74, 6) is 0.862. The minimum Gasteiger partial charge on any atom is -0.378 e. The molecule has 3 rings (SSSR count). The number of pyridine rings is 1. The van der Waals surface area contributed by atoms with E-state index in [1.807, 2.05) is 6.07 Å². The Morgan fingerprint density at radius 2 is 2.00 bits per heavy atom. The highest BCUT2D eigenvalue weighted by atomic mass is 16.5. The molecule has 0 spiro atoms. The van der Waals surface area contributed by atoms with Crippen LogP contribution in [-0.2, 0) is 17.6 Å². The van der Waals surface area contributed by atoms with Crippen LogP contribution in [0.25, 0.3) is 0 Å². The fourth-order valence-electron chi connectivity index (χ4n) is 2.72. The number of hydrogen-bond acceptors (Lipinski definition) is 4. The van der Waals surface area contributed by atoms with Gasteiger partial charge < -0.3 is 9.64 Å². The summed E-state index contributed by atoms with van der Waals surface area (Å²) < 4.78 is 5.35. The molecular weight excluding hydrogens is 226 g/mol. The van der Waals surface area contributed by atoms with Crippen LogP contribution in [-0.4, -0.2) is 31.3 Å². The molecule has 1 aromatic rings. The molecule has 0 aromatic carbocycles. The number of anilines is 1. The Morgan fingerprint density at radius 1 is 1.22 bits per heavy atom. The van der Waals surface area contributed by atoms with Crippen LogP contribution in [0.4, 0.5) is 5.82 Å². The van der Waals surface area contributed by atoms with E-state index in [0.29, 0.717) is 0 Å². The molecule has 0 atom stereocenters. The molecule has 94 valence electrons. The van der Waals surface area contributed by atoms with E-state index < -0.39 is 0 Å². The summed E-state index contributed by atoms with van der Waals surface area (Å²) in [6.45, 7) is 3.12. The van der Waals surface area contributed by atoms with Crippen molar-refractivity contribution in [3.8, 4) is 6.07 Å². The van der Waals surface area contributed by atoms with Crippen LogP contribution in [0.5, 0.6) is 0 Å². The first-order chi connectivity index (χ1) is 8.88. The Kier molecular flexibility index (Phi) is 3.16. The molecule has 4 heteroatoms. The number of hydrogen-bond donors (Lipinski definition) is 0. The zero-order valence-electron chi connectivity index (χ0n) is 10.5. The fraction of sp³-hybridized carbons (Fsp3) is 0.571. The fourth-order valence-corrected chi connectivity index (χ4v) is 2.72. The topological polar surface area (TPSA) is 49.2 Å². The third kappa shape index (κ3) is 2.06. The van der Waals surface area contributed by atoms with Crippen LogP contribution in [0.3, 0.4) is 0 Å². The predicted molar refractivity (Wildman–Crippen MR) is 68.6 cm³/mol. The molecule has 1 fully saturated rings. The zero-order valence-corrected chi connectivity index (χ0v) is 10.5. The number of nitriles is 1. The Bertz CT molecular complexity index is 487. The van der Waals surface area contributed by atoms with E-state index >= 15 is 0 Å². The highest BCUT2D eigenvalue weighted by Gasteiger charge is 2.20. The molecule has 1 aliphatic heterocycles. The number of morpholine rings is 1. The van der Waals surface area contributed by atoms with E-state index in [1.54, 1.807) is 0 Å². The summed E-state index contributed by atoms with van der Waals surface area (Å²) in [6, 6.07) is 4.35. The van der Waals surface area contributed by atoms with Gasteiger partial charge in [0.05, 0.1) is 18.8 Å². The molecule has 0 bridgehead atoms. The standard InChI is InChI=1S/C14H17N3O/c15-10-12-9-11-3-1-2-4-13(11)16-14(12)17-5-7-18-8-6-17/h9H,1-8H2. The van der Waals surface area contributed by atoms with Crippen molar-refractivity contribution in [3.63, 3.8) is 0 Å². The molecular formula is C14H17N3O. The molecule has 2 heterocycles. The smallest absolute Gasteiger partial charge is 0.146 e. The number of nitrogens with zero attached hydrogens (tertiary/aromatic N) is 3. The van der Waals surface area contributed by atoms with Gasteiger partial charge >= 0.3 is 0 Å². The molecule has 0 saturated carbocycles. The Balaban J connectivity index is 1.99. The number of ether oxygens (including phenoxy) is 1. The number of aromatic nitrogens is 1. The van der Waals surface area contributed by atoms with Crippen molar-refractivity contribution in [2.24, 2.45) is 0 Å². The summed E-state index contributed by atoms with van der Waals surface area (Å²) in [5.41, 5.74) is 3.19. The predicted octanol–water partition coefficient (Wildman–Crippen LogP) is 1.67. The lowest BCUT2D eigenvalue weighted by molar-refractivity contribution is 0.122. The lowest BCUT2D eigenvalue weighted by atomic mass is 9.95. The molecule has 0 radical (unpaired) electrons. The third-order valence-electron chi connectivity index (χ3n) is 3.71. The van der Waals surface area contributed by atoms with Crippen molar-refractivity contribution in [2.45, 2.75) is 25.7 Å². The van der Waals surface area contributed by atoms with Gasteiger partial charge in [-0.1, -0.05) is 0 Å². The quantitative estimate of drug-likeness (QED) is 0.753. The summed E-state index contributed by atoms with van der Waals surface area (Å²) in [6.07, 6.45) is 4.56. The van der Waals surface area contributed by atoms with E-state index in [1.165, 1.54) is 24.1 Å². The minimum absolute atomic E-state index is 0.720. The van der Waals surface area contributed by atoms with Crippen LogP contribution in [0.1, 0.15) is 29.7 Å². The largest absolute Gasteiger partial charge is 0.378 e. The van der Waals surface area contributed by atoms with Crippen LogP contribution in [0.2, 0.25) is 0 Å². The Labute approximate surface area is 107 Å². The van der Waals surface area contributed by atoms with Gasteiger partial charge in [0.2, 0.25) is 0 Å². The van der Waals surface area contributed by atoms with Gasteiger partial charge in [-0.25, -0.2) is 4.98 Å². The second-order valence-corrected chi connectivity index (χ2v) is 4.88. The summed E-state index contributed by atoms with van der Waals surface area (Å²) in [5, 5.41) is 9.30. The van der Waals surface area contributed by atoms with Gasteiger partial charge in [0.1, 0.15) is 11.9 Å². The molecule has 18 heavy (non-hydrogen) atoms. The lowest BCUT2D eigenvalue weighted by Gasteiger charge is -2.29. The summed E-state index contributed by atoms with van der Waals surface area (Å²) in [7, 11) is 0. The average molecular weight is 243 g/mol. The van der Waals surface area contributed by atoms with Gasteiger partial charge in [-0.05, 0) is 37.3 Å². The zero-order chi connectivity index (χ0) is 12.4. The number of rotatable bonds is 1. The first kappa shape index (κ1) is 11.5. The Morgan fingerprint density at radius 3 is 2.78 bits per heavy atom. The van der Waals surface area contributed by atoms with Crippen LogP contribution >= 0.6 is 0 Å². The molecule has 4 nitrogen and oxygen atoms in total. The summed E-state index contributed by atoms with van der Waals surface area (Å²) in [4.78, 5) is 6.93. The maximum absolute atomic E-state index is 9.30. The van der Waals surface area contributed by atoms with E-state index in [2.05, 4.69) is 11.0 Å². The second kappa shape index (κ2) is 4.95. The van der Waals surface area contributed by atoms with Crippen LogP contribution in [0.15, 0.2) is 6.07 Å². The van der Waals surface area contributed by atoms with Gasteiger partial charge in [0, 0.05) is 18.8 Å². The van der Waals surface area contributed by atoms with Gasteiger partial charge in [-0.3, -0.25) is 0 Å². The van der Waals surface area contributed by atoms with E-state index in [0.717, 1.165) is 50.5 Å². The van der Waals surface area contributed by atoms with Crippen molar-refractivity contribution >= 4 is 5.82 Å². The van der Waals surface area contributed by atoms with Crippen molar-refractivity contribution in [3.05, 3.63) is 22.9 Å². The first-order valence-corrected chi connectivity index (χ1v) is 6.64. The van der Waals surface area contributed by atoms with Gasteiger partial charge in [-0.2, -0.15) is 5.26 Å². The third-order valence-corrected chi connectivity index (χ3v) is 3.71. The van der Waals surface area contributed by atoms with Gasteiger partial charge in [0.25, 0.3) is 0 Å². The van der Waals surface area contributed by atoms with Gasteiger partial charge in [0.15, 0.2) is 0 Å². The van der Waals surface area contributed by atoms with Gasteiger partial charge in [-0.15, -0.1) is 0 Å². The molecule has 0 N–H and O–H groups in total. The molecule has 0 unspecified atom stereocenters. The maximum atomic E-state index is 9.30. The first-order valence-electron chi connectivity index (χ1n) is 6.64. The SMILES string of the molecule is N#Cc1cc2c(nc1N1CCOCC1)CCCC2. The molecule has 1 aliphatic carbocycles. The normalized spacial score (nSPS) is 19.2. The van der Waals surface area contributed by atoms with Crippen LogP contribution in [0, 0.1) is 11.3 Å². The highest BCUT2D eigenvalue weighted by Crippen LogP contribution is 2.26. The van der Waals surface area contributed by atoms with Crippen molar-refractivity contribution in [1.82, 2.24) is 4.98 Å². The summed E-state index contributed by atoms with van der Waals surface area (Å²) >= 11 is 0. The highest BCUT2D eigenvalue weighted by molar-refractivity contribution is 5.56. The minimum atomic E-state index is 0.720. The van der Waals surface area contributed by atoms with Crippen LogP contribution < -0.4 is 4.90 Å². The number of aryl methyl sites for hydroxylation is 2. The second-order valence-electron chi connectivity index (χ2n) is 4.88. The van der Waals surface area contributed by atoms with Crippen molar-refractivity contribution < 1.29 is 4.74 Å². The molecule has 2 aliphatic rings. The van der Waals surface area contributed by atoms with Crippen molar-refractivity contribution in [2.75, 3.05) is 31.2 Å². The molecule has 0 amide bonds. The van der Waals surface area contributed by atoms with Crippen molar-refractivity contribution in [1.29, 1.82) is 5.26 Å². The van der Waals surface area contributed by atoms with E-state index in [-0.39, 0.29) is 0 Å². The van der Waals surface area contributed by atoms with E-state index in [9.17, 15) is 5.26 Å². The van der Waals surface area contributed by atoms with E-state index in [4.69, 9.17) is 9.72 Å². The molecule has 1 saturated heterocycles. The maximum Gasteiger partial charge on any atom is 0.146 e. The molecule has 1 aromatic heterocycles. The Hall–Kier alpha value is -1.60.